The molecule has 0 radical (unpaired) electrons. The van der Waals surface area contributed by atoms with E-state index in [1.54, 1.807) is 57.2 Å². The van der Waals surface area contributed by atoms with Crippen molar-refractivity contribution in [3.05, 3.63) is 53.5 Å². The summed E-state index contributed by atoms with van der Waals surface area (Å²) in [4.78, 5) is 61.1. The van der Waals surface area contributed by atoms with Crippen LogP contribution in [0.1, 0.15) is 43.8 Å². The van der Waals surface area contributed by atoms with E-state index in [9.17, 15) is 24.0 Å². The molecule has 0 bridgehead atoms. The van der Waals surface area contributed by atoms with Gasteiger partial charge in [0.25, 0.3) is 0 Å². The highest BCUT2D eigenvalue weighted by molar-refractivity contribution is 5.97. The van der Waals surface area contributed by atoms with Gasteiger partial charge in [-0.3, -0.25) is 19.3 Å². The Kier molecular flexibility index (Phi) is 12.6. The van der Waals surface area contributed by atoms with E-state index in [4.69, 9.17) is 25.7 Å². The van der Waals surface area contributed by atoms with Crippen LogP contribution in [0.4, 0.5) is 15.3 Å². The number of carbonyl (C=O) groups excluding carboxylic acids is 4. The number of hydrogen-bond acceptors (Lipinski definition) is 8. The lowest BCUT2D eigenvalue weighted by Gasteiger charge is -2.22. The lowest BCUT2D eigenvalue weighted by Crippen LogP contribution is -2.51. The summed E-state index contributed by atoms with van der Waals surface area (Å²) >= 11 is 0. The fourth-order valence-electron chi connectivity index (χ4n) is 3.61. The molecule has 0 fully saturated rings. The van der Waals surface area contributed by atoms with Crippen molar-refractivity contribution >= 4 is 35.6 Å². The van der Waals surface area contributed by atoms with Gasteiger partial charge in [-0.25, -0.2) is 9.59 Å². The topological polar surface area (TPSA) is 219 Å². The first kappa shape index (κ1) is 32.6. The minimum atomic E-state index is -1.20. The van der Waals surface area contributed by atoms with Crippen LogP contribution in [0.5, 0.6) is 0 Å². The van der Waals surface area contributed by atoms with Crippen molar-refractivity contribution < 1.29 is 38.2 Å². The van der Waals surface area contributed by atoms with Gasteiger partial charge < -0.3 is 41.7 Å². The summed E-state index contributed by atoms with van der Waals surface area (Å²) in [5, 5.41) is 17.0. The molecule has 2 rings (SSSR count). The van der Waals surface area contributed by atoms with Gasteiger partial charge in [0.2, 0.25) is 11.8 Å². The number of aryl methyl sites for hydroxylation is 1. The molecule has 2 atom stereocenters. The molecule has 0 aliphatic carbocycles. The average molecular weight is 575 g/mol. The SMILES string of the molecule is Cc1ccc(CN(CC(=O)O)C(=O)OCc2ccc(NC(=O)[C@H](CCCNC(N)=O)NC(=O)[C@@H](N)C(C)C)cc2)o1. The van der Waals surface area contributed by atoms with Crippen LogP contribution in [0.2, 0.25) is 0 Å². The van der Waals surface area contributed by atoms with Gasteiger partial charge in [-0.05, 0) is 55.5 Å². The minimum Gasteiger partial charge on any atom is -0.480 e. The molecule has 14 heteroatoms. The number of hydrogen-bond donors (Lipinski definition) is 6. The minimum absolute atomic E-state index is 0.0672. The highest BCUT2D eigenvalue weighted by Gasteiger charge is 2.25. The Morgan fingerprint density at radius 1 is 1.05 bits per heavy atom. The summed E-state index contributed by atoms with van der Waals surface area (Å²) in [6.45, 7) is 4.77. The van der Waals surface area contributed by atoms with Gasteiger partial charge in [0.15, 0.2) is 0 Å². The van der Waals surface area contributed by atoms with E-state index in [1.807, 2.05) is 0 Å². The van der Waals surface area contributed by atoms with Crippen LogP contribution in [0, 0.1) is 12.8 Å². The number of aliphatic carboxylic acids is 1. The number of carboxylic acids is 1. The zero-order chi connectivity index (χ0) is 30.5. The van der Waals surface area contributed by atoms with E-state index >= 15 is 0 Å². The third kappa shape index (κ3) is 11.6. The van der Waals surface area contributed by atoms with Gasteiger partial charge >= 0.3 is 18.1 Å². The van der Waals surface area contributed by atoms with Crippen molar-refractivity contribution in [1.29, 1.82) is 0 Å². The highest BCUT2D eigenvalue weighted by atomic mass is 16.6. The maximum atomic E-state index is 13.0. The molecule has 0 aliphatic heterocycles. The predicted octanol–water partition coefficient (Wildman–Crippen LogP) is 1.67. The summed E-state index contributed by atoms with van der Waals surface area (Å²) in [5.41, 5.74) is 12.0. The van der Waals surface area contributed by atoms with Gasteiger partial charge in [0.1, 0.15) is 30.7 Å². The lowest BCUT2D eigenvalue weighted by atomic mass is 10.0. The molecule has 41 heavy (non-hydrogen) atoms. The van der Waals surface area contributed by atoms with Crippen molar-refractivity contribution in [2.24, 2.45) is 17.4 Å². The molecule has 0 saturated carbocycles. The van der Waals surface area contributed by atoms with Crippen molar-refractivity contribution in [2.75, 3.05) is 18.4 Å². The van der Waals surface area contributed by atoms with Gasteiger partial charge in [0, 0.05) is 12.2 Å². The fraction of sp³-hybridized carbons (Fsp3) is 0.444. The number of furan rings is 1. The third-order valence-electron chi connectivity index (χ3n) is 5.93. The number of nitrogens with zero attached hydrogens (tertiary/aromatic N) is 1. The number of nitrogens with two attached hydrogens (primary N) is 2. The Hall–Kier alpha value is -4.59. The van der Waals surface area contributed by atoms with Crippen LogP contribution in [-0.4, -0.2) is 65.1 Å². The number of rotatable bonds is 15. The Balaban J connectivity index is 1.98. The molecular weight excluding hydrogens is 536 g/mol. The van der Waals surface area contributed by atoms with Crippen molar-refractivity contribution in [2.45, 2.75) is 58.8 Å². The molecule has 5 amide bonds. The number of primary amides is 1. The van der Waals surface area contributed by atoms with Crippen LogP contribution in [0.3, 0.4) is 0 Å². The predicted molar refractivity (Wildman–Crippen MR) is 148 cm³/mol. The Morgan fingerprint density at radius 2 is 1.73 bits per heavy atom. The molecule has 0 spiro atoms. The number of amides is 5. The summed E-state index contributed by atoms with van der Waals surface area (Å²) in [6, 6.07) is 7.38. The molecule has 14 nitrogen and oxygen atoms in total. The zero-order valence-corrected chi connectivity index (χ0v) is 23.3. The molecule has 1 heterocycles. The number of ether oxygens (including phenoxy) is 1. The lowest BCUT2D eigenvalue weighted by molar-refractivity contribution is -0.138. The fourth-order valence-corrected chi connectivity index (χ4v) is 3.61. The number of carbonyl (C=O) groups is 5. The Bertz CT molecular complexity index is 1200. The van der Waals surface area contributed by atoms with Gasteiger partial charge in [-0.1, -0.05) is 26.0 Å². The van der Waals surface area contributed by atoms with Gasteiger partial charge in [-0.15, -0.1) is 0 Å². The van der Waals surface area contributed by atoms with E-state index in [-0.39, 0.29) is 32.0 Å². The van der Waals surface area contributed by atoms with Crippen LogP contribution in [0.15, 0.2) is 40.8 Å². The first-order valence-electron chi connectivity index (χ1n) is 13.0. The van der Waals surface area contributed by atoms with E-state index in [0.29, 0.717) is 29.2 Å². The van der Waals surface area contributed by atoms with Crippen LogP contribution >= 0.6 is 0 Å². The van der Waals surface area contributed by atoms with Gasteiger partial charge in [-0.2, -0.15) is 0 Å². The number of urea groups is 1. The Labute approximate surface area is 237 Å². The first-order valence-corrected chi connectivity index (χ1v) is 13.0. The van der Waals surface area contributed by atoms with E-state index in [0.717, 1.165) is 4.90 Å². The van der Waals surface area contributed by atoms with E-state index in [1.165, 1.54) is 0 Å². The summed E-state index contributed by atoms with van der Waals surface area (Å²) in [6.07, 6.45) is -0.231. The van der Waals surface area contributed by atoms with E-state index in [2.05, 4.69) is 16.0 Å². The zero-order valence-electron chi connectivity index (χ0n) is 23.3. The van der Waals surface area contributed by atoms with E-state index < -0.39 is 48.5 Å². The monoisotopic (exact) mass is 574 g/mol. The van der Waals surface area contributed by atoms with Crippen molar-refractivity contribution in [1.82, 2.24) is 15.5 Å². The van der Waals surface area contributed by atoms with Crippen LogP contribution in [0.25, 0.3) is 0 Å². The molecule has 1 aromatic carbocycles. The largest absolute Gasteiger partial charge is 0.480 e. The molecule has 1 aromatic heterocycles. The molecule has 0 unspecified atom stereocenters. The molecule has 224 valence electrons. The second-order valence-electron chi connectivity index (χ2n) is 9.77. The Morgan fingerprint density at radius 3 is 2.29 bits per heavy atom. The molecule has 0 aliphatic rings. The maximum absolute atomic E-state index is 13.0. The number of carboxylic acid groups (broad SMARTS) is 1. The summed E-state index contributed by atoms with van der Waals surface area (Å²) in [7, 11) is 0. The standard InChI is InChI=1S/C27H38N6O8/c1-16(2)23(28)25(37)32-21(5-4-12-30-26(29)38)24(36)31-19-9-7-18(8-10-19)15-40-27(39)33(14-22(34)35)13-20-11-6-17(3)41-20/h6-11,16,21,23H,4-5,12-15,28H2,1-3H3,(H,31,36)(H,32,37)(H,34,35)(H3,29,30,38)/t21-,23-/m0/s1. The average Bonchev–Trinajstić information content (AvgIpc) is 3.32. The van der Waals surface area contributed by atoms with Crippen molar-refractivity contribution in [3.63, 3.8) is 0 Å². The number of benzene rings is 1. The smallest absolute Gasteiger partial charge is 0.411 e. The van der Waals surface area contributed by atoms with Gasteiger partial charge in [0.05, 0.1) is 12.6 Å². The molecule has 2 aromatic rings. The number of anilines is 1. The van der Waals surface area contributed by atoms with Crippen LogP contribution < -0.4 is 27.4 Å². The molecule has 0 saturated heterocycles. The van der Waals surface area contributed by atoms with Crippen molar-refractivity contribution in [3.8, 4) is 0 Å². The van der Waals surface area contributed by atoms with Crippen LogP contribution in [-0.2, 0) is 32.3 Å². The highest BCUT2D eigenvalue weighted by Crippen LogP contribution is 2.14. The maximum Gasteiger partial charge on any atom is 0.411 e. The third-order valence-corrected chi connectivity index (χ3v) is 5.93. The number of nitrogens with one attached hydrogen (secondary N) is 3. The first-order chi connectivity index (χ1) is 19.3. The molecule has 8 N–H and O–H groups in total. The second-order valence-corrected chi connectivity index (χ2v) is 9.77. The second kappa shape index (κ2) is 15.9. The summed E-state index contributed by atoms with van der Waals surface area (Å²) in [5.74, 6) is -1.24. The molecular formula is C27H38N6O8. The quantitative estimate of drug-likeness (QED) is 0.170. The summed E-state index contributed by atoms with van der Waals surface area (Å²) < 4.78 is 10.7. The normalized spacial score (nSPS) is 12.2.